The number of anilines is 1. The van der Waals surface area contributed by atoms with Crippen LogP contribution in [0.3, 0.4) is 0 Å². The van der Waals surface area contributed by atoms with Gasteiger partial charge in [-0.15, -0.1) is 10.2 Å². The van der Waals surface area contributed by atoms with Crippen LogP contribution >= 0.6 is 23.1 Å². The van der Waals surface area contributed by atoms with E-state index in [0.717, 1.165) is 15.0 Å². The first-order chi connectivity index (χ1) is 9.85. The van der Waals surface area contributed by atoms with Gasteiger partial charge >= 0.3 is 0 Å². The maximum absolute atomic E-state index is 12.3. The van der Waals surface area contributed by atoms with Crippen LogP contribution in [-0.4, -0.2) is 26.8 Å². The molecule has 0 saturated heterocycles. The molecule has 0 aliphatic heterocycles. The normalized spacial score (nSPS) is 13.0. The summed E-state index contributed by atoms with van der Waals surface area (Å²) in [5.74, 6) is 0.112. The third kappa shape index (κ3) is 4.82. The Kier molecular flexibility index (Phi) is 5.00. The summed E-state index contributed by atoms with van der Waals surface area (Å²) in [6.45, 7) is 8.12. The maximum Gasteiger partial charge on any atom is 0.206 e. The summed E-state index contributed by atoms with van der Waals surface area (Å²) >= 11 is 2.93. The highest BCUT2D eigenvalue weighted by atomic mass is 32.2. The van der Waals surface area contributed by atoms with Crippen LogP contribution in [0.2, 0.25) is 0 Å². The fourth-order valence-electron chi connectivity index (χ4n) is 1.67. The summed E-state index contributed by atoms with van der Waals surface area (Å²) in [6.07, 6.45) is 0. The van der Waals surface area contributed by atoms with Gasteiger partial charge in [0.2, 0.25) is 5.13 Å². The molecule has 21 heavy (non-hydrogen) atoms. The molecule has 0 saturated carbocycles. The van der Waals surface area contributed by atoms with E-state index < -0.39 is 0 Å². The van der Waals surface area contributed by atoms with E-state index in [2.05, 4.69) is 36.3 Å². The molecule has 1 unspecified atom stereocenters. The molecule has 2 rings (SSSR count). The number of hydrogen-bond acceptors (Lipinski definition) is 6. The molecule has 0 spiro atoms. The zero-order valence-corrected chi connectivity index (χ0v) is 14.2. The summed E-state index contributed by atoms with van der Waals surface area (Å²) < 4.78 is 0.804. The number of rotatable bonds is 5. The average molecular weight is 321 g/mol. The average Bonchev–Trinajstić information content (AvgIpc) is 2.83. The molecule has 1 aromatic carbocycles. The van der Waals surface area contributed by atoms with Gasteiger partial charge in [-0.2, -0.15) is 0 Å². The van der Waals surface area contributed by atoms with Gasteiger partial charge in [-0.1, -0.05) is 53.4 Å². The van der Waals surface area contributed by atoms with Crippen LogP contribution in [-0.2, 0) is 0 Å². The predicted octanol–water partition coefficient (Wildman–Crippen LogP) is 4.11. The van der Waals surface area contributed by atoms with Crippen LogP contribution in [0, 0.1) is 0 Å². The molecule has 1 N–H and O–H groups in total. The molecule has 0 fully saturated rings. The molecule has 1 heterocycles. The standard InChI is InChI=1S/C15H19N3OS2/c1-10(12(19)11-8-6-5-7-9-11)20-14-18-17-13(21-14)16-15(2,3)4/h5-10H,1-4H3,(H,16,17). The molecule has 0 radical (unpaired) electrons. The van der Waals surface area contributed by atoms with Crippen molar-refractivity contribution in [3.63, 3.8) is 0 Å². The zero-order valence-electron chi connectivity index (χ0n) is 12.6. The molecular weight excluding hydrogens is 302 g/mol. The number of carbonyl (C=O) groups is 1. The monoisotopic (exact) mass is 321 g/mol. The molecule has 0 amide bonds. The van der Waals surface area contributed by atoms with Crippen molar-refractivity contribution in [2.45, 2.75) is 42.8 Å². The highest BCUT2D eigenvalue weighted by Gasteiger charge is 2.19. The van der Waals surface area contributed by atoms with Gasteiger partial charge in [-0.05, 0) is 27.7 Å². The van der Waals surface area contributed by atoms with Crippen molar-refractivity contribution < 1.29 is 4.79 Å². The second-order valence-corrected chi connectivity index (χ2v) is 8.30. The molecule has 112 valence electrons. The first kappa shape index (κ1) is 16.0. The van der Waals surface area contributed by atoms with Gasteiger partial charge in [-0.3, -0.25) is 4.79 Å². The van der Waals surface area contributed by atoms with Crippen molar-refractivity contribution in [1.29, 1.82) is 0 Å². The van der Waals surface area contributed by atoms with Gasteiger partial charge < -0.3 is 5.32 Å². The van der Waals surface area contributed by atoms with Gasteiger partial charge in [0.1, 0.15) is 0 Å². The maximum atomic E-state index is 12.3. The van der Waals surface area contributed by atoms with E-state index in [0.29, 0.717) is 0 Å². The minimum atomic E-state index is -0.178. The lowest BCUT2D eigenvalue weighted by Crippen LogP contribution is -2.25. The Morgan fingerprint density at radius 2 is 1.90 bits per heavy atom. The van der Waals surface area contributed by atoms with Gasteiger partial charge in [0.15, 0.2) is 10.1 Å². The molecular formula is C15H19N3OS2. The second-order valence-electron chi connectivity index (χ2n) is 5.74. The van der Waals surface area contributed by atoms with Crippen LogP contribution in [0.5, 0.6) is 0 Å². The fraction of sp³-hybridized carbons (Fsp3) is 0.400. The third-order valence-electron chi connectivity index (χ3n) is 2.59. The van der Waals surface area contributed by atoms with Crippen molar-refractivity contribution in [3.8, 4) is 0 Å². The van der Waals surface area contributed by atoms with E-state index in [9.17, 15) is 4.79 Å². The number of thioether (sulfide) groups is 1. The first-order valence-corrected chi connectivity index (χ1v) is 8.42. The van der Waals surface area contributed by atoms with Crippen LogP contribution < -0.4 is 5.32 Å². The van der Waals surface area contributed by atoms with Gasteiger partial charge in [0.05, 0.1) is 5.25 Å². The van der Waals surface area contributed by atoms with Crippen LogP contribution in [0.15, 0.2) is 34.7 Å². The highest BCUT2D eigenvalue weighted by molar-refractivity contribution is 8.02. The Morgan fingerprint density at radius 3 is 2.52 bits per heavy atom. The molecule has 4 nitrogen and oxygen atoms in total. The minimum absolute atomic E-state index is 0.0487. The van der Waals surface area contributed by atoms with E-state index in [1.54, 1.807) is 0 Å². The Labute approximate surface area is 133 Å². The summed E-state index contributed by atoms with van der Waals surface area (Å²) in [5.41, 5.74) is 0.683. The number of carbonyl (C=O) groups excluding carboxylic acids is 1. The smallest absolute Gasteiger partial charge is 0.206 e. The number of nitrogens with one attached hydrogen (secondary N) is 1. The molecule has 0 aliphatic carbocycles. The lowest BCUT2D eigenvalue weighted by Gasteiger charge is -2.18. The van der Waals surface area contributed by atoms with E-state index >= 15 is 0 Å². The largest absolute Gasteiger partial charge is 0.355 e. The van der Waals surface area contributed by atoms with Gasteiger partial charge in [0, 0.05) is 11.1 Å². The Balaban J connectivity index is 2.00. The predicted molar refractivity (Wildman–Crippen MR) is 89.4 cm³/mol. The van der Waals surface area contributed by atoms with E-state index in [1.165, 1.54) is 23.1 Å². The minimum Gasteiger partial charge on any atom is -0.355 e. The van der Waals surface area contributed by atoms with Crippen LogP contribution in [0.1, 0.15) is 38.1 Å². The molecule has 2 aromatic rings. The van der Waals surface area contributed by atoms with E-state index in [1.807, 2.05) is 37.3 Å². The van der Waals surface area contributed by atoms with Crippen LogP contribution in [0.4, 0.5) is 5.13 Å². The molecule has 1 aromatic heterocycles. The lowest BCUT2D eigenvalue weighted by atomic mass is 10.1. The molecule has 6 heteroatoms. The number of ketones is 1. The first-order valence-electron chi connectivity index (χ1n) is 6.73. The zero-order chi connectivity index (χ0) is 15.5. The third-order valence-corrected chi connectivity index (χ3v) is 4.62. The van der Waals surface area contributed by atoms with Crippen molar-refractivity contribution in [2.24, 2.45) is 0 Å². The molecule has 0 aliphatic rings. The topological polar surface area (TPSA) is 54.9 Å². The number of benzene rings is 1. The van der Waals surface area contributed by atoms with Crippen LogP contribution in [0.25, 0.3) is 0 Å². The second kappa shape index (κ2) is 6.58. The van der Waals surface area contributed by atoms with Crippen molar-refractivity contribution in [1.82, 2.24) is 10.2 Å². The van der Waals surface area contributed by atoms with Crippen molar-refractivity contribution in [2.75, 3.05) is 5.32 Å². The van der Waals surface area contributed by atoms with Gasteiger partial charge in [0.25, 0.3) is 0 Å². The quantitative estimate of drug-likeness (QED) is 0.663. The fourth-order valence-corrected chi connectivity index (χ4v) is 3.85. The summed E-state index contributed by atoms with van der Waals surface area (Å²) in [6, 6.07) is 9.34. The molecule has 1 atom stereocenters. The van der Waals surface area contributed by atoms with E-state index in [4.69, 9.17) is 0 Å². The van der Waals surface area contributed by atoms with E-state index in [-0.39, 0.29) is 16.6 Å². The number of nitrogens with zero attached hydrogens (tertiary/aromatic N) is 2. The summed E-state index contributed by atoms with van der Waals surface area (Å²) in [7, 11) is 0. The summed E-state index contributed by atoms with van der Waals surface area (Å²) in [4.78, 5) is 12.3. The lowest BCUT2D eigenvalue weighted by molar-refractivity contribution is 0.0994. The summed E-state index contributed by atoms with van der Waals surface area (Å²) in [5, 5.41) is 12.1. The SMILES string of the molecule is CC(Sc1nnc(NC(C)(C)C)s1)C(=O)c1ccccc1. The Bertz CT molecular complexity index is 605. The van der Waals surface area contributed by atoms with Gasteiger partial charge in [-0.25, -0.2) is 0 Å². The number of hydrogen-bond donors (Lipinski definition) is 1. The Morgan fingerprint density at radius 1 is 1.24 bits per heavy atom. The highest BCUT2D eigenvalue weighted by Crippen LogP contribution is 2.31. The number of Topliss-reactive ketones (excluding diaryl/α,β-unsaturated/α-hetero) is 1. The Hall–Kier alpha value is -1.40. The van der Waals surface area contributed by atoms with Crippen molar-refractivity contribution in [3.05, 3.63) is 35.9 Å². The number of aromatic nitrogens is 2. The van der Waals surface area contributed by atoms with Crippen molar-refractivity contribution >= 4 is 34.0 Å². The molecule has 0 bridgehead atoms.